The van der Waals surface area contributed by atoms with E-state index in [1.54, 1.807) is 0 Å². The maximum atomic E-state index is 13.0. The van der Waals surface area contributed by atoms with Crippen LogP contribution in [0, 0.1) is 12.8 Å². The highest BCUT2D eigenvalue weighted by Crippen LogP contribution is 2.24. The lowest BCUT2D eigenvalue weighted by Crippen LogP contribution is -2.32. The largest absolute Gasteiger partial charge is 0.481 e. The van der Waals surface area contributed by atoms with Crippen LogP contribution in [0.25, 0.3) is 10.9 Å². The topological polar surface area (TPSA) is 70.5 Å². The summed E-state index contributed by atoms with van der Waals surface area (Å²) in [5.41, 5.74) is 2.27. The Bertz CT molecular complexity index is 772. The Balaban J connectivity index is 1.82. The maximum Gasteiger partial charge on any atom is 0.303 e. The Morgan fingerprint density at radius 2 is 2.04 bits per heavy atom. The van der Waals surface area contributed by atoms with Crippen molar-refractivity contribution in [3.63, 3.8) is 0 Å². The lowest BCUT2D eigenvalue weighted by atomic mass is 9.97. The second-order valence-electron chi connectivity index (χ2n) is 6.52. The minimum Gasteiger partial charge on any atom is -0.481 e. The zero-order valence-corrected chi connectivity index (χ0v) is 13.9. The first-order valence-electron chi connectivity index (χ1n) is 8.42. The first-order valence-corrected chi connectivity index (χ1v) is 8.42. The molecule has 1 fully saturated rings. The van der Waals surface area contributed by atoms with Crippen molar-refractivity contribution in [3.05, 3.63) is 41.6 Å². The van der Waals surface area contributed by atoms with Crippen molar-refractivity contribution < 1.29 is 14.7 Å². The summed E-state index contributed by atoms with van der Waals surface area (Å²) >= 11 is 0. The molecule has 24 heavy (non-hydrogen) atoms. The van der Waals surface area contributed by atoms with E-state index in [9.17, 15) is 9.59 Å². The van der Waals surface area contributed by atoms with Crippen LogP contribution in [0.5, 0.6) is 0 Å². The number of carboxylic acid groups (broad SMARTS) is 1. The molecule has 1 atom stereocenters. The molecule has 0 aliphatic carbocycles. The predicted octanol–water partition coefficient (Wildman–Crippen LogP) is 3.26. The molecule has 5 nitrogen and oxygen atoms in total. The smallest absolute Gasteiger partial charge is 0.303 e. The van der Waals surface area contributed by atoms with Gasteiger partial charge in [-0.25, -0.2) is 0 Å². The van der Waals surface area contributed by atoms with Gasteiger partial charge < -0.3 is 10.0 Å². The number of carbonyl (C=O) groups is 2. The number of nitrogens with zero attached hydrogens (tertiary/aromatic N) is 2. The molecule has 0 spiro atoms. The van der Waals surface area contributed by atoms with Crippen LogP contribution in [0.4, 0.5) is 0 Å². The molecule has 1 unspecified atom stereocenters. The normalized spacial score (nSPS) is 18.4. The van der Waals surface area contributed by atoms with Gasteiger partial charge >= 0.3 is 5.97 Å². The number of fused-ring (bicyclic) bond motifs is 1. The molecule has 1 saturated heterocycles. The zero-order valence-electron chi connectivity index (χ0n) is 13.9. The zero-order chi connectivity index (χ0) is 17.1. The van der Waals surface area contributed by atoms with E-state index in [-0.39, 0.29) is 18.2 Å². The number of rotatable bonds is 3. The average Bonchev–Trinajstić information content (AvgIpc) is 2.78. The monoisotopic (exact) mass is 326 g/mol. The summed E-state index contributed by atoms with van der Waals surface area (Å²) < 4.78 is 0. The number of carbonyl (C=O) groups excluding carboxylic acids is 1. The minimum absolute atomic E-state index is 0.00493. The van der Waals surface area contributed by atoms with Crippen molar-refractivity contribution >= 4 is 22.8 Å². The van der Waals surface area contributed by atoms with Crippen molar-refractivity contribution in [2.75, 3.05) is 13.1 Å². The number of aromatic nitrogens is 1. The second kappa shape index (κ2) is 6.99. The SMILES string of the molecule is Cc1ccc2cccc(C(=O)N3CCCC(CC(=O)O)CC3)c2n1. The standard InChI is InChI=1S/C19H22N2O3/c1-13-7-8-15-5-2-6-16(18(15)20-13)19(24)21-10-3-4-14(9-11-21)12-17(22)23/h2,5-8,14H,3-4,9-12H2,1H3,(H,22,23). The molecule has 0 saturated carbocycles. The average molecular weight is 326 g/mol. The van der Waals surface area contributed by atoms with Gasteiger partial charge in [0, 0.05) is 30.6 Å². The summed E-state index contributed by atoms with van der Waals surface area (Å²) in [6.07, 6.45) is 2.65. The number of para-hydroxylation sites is 1. The Hall–Kier alpha value is -2.43. The summed E-state index contributed by atoms with van der Waals surface area (Å²) in [7, 11) is 0. The second-order valence-corrected chi connectivity index (χ2v) is 6.52. The Morgan fingerprint density at radius 3 is 2.83 bits per heavy atom. The first-order chi connectivity index (χ1) is 11.5. The summed E-state index contributed by atoms with van der Waals surface area (Å²) in [6.45, 7) is 3.21. The highest BCUT2D eigenvalue weighted by Gasteiger charge is 2.24. The number of aliphatic carboxylic acids is 1. The van der Waals surface area contributed by atoms with Crippen LogP contribution in [0.2, 0.25) is 0 Å². The van der Waals surface area contributed by atoms with Gasteiger partial charge in [-0.1, -0.05) is 18.2 Å². The van der Waals surface area contributed by atoms with E-state index in [0.717, 1.165) is 35.9 Å². The van der Waals surface area contributed by atoms with Gasteiger partial charge in [-0.05, 0) is 44.2 Å². The van der Waals surface area contributed by atoms with Crippen molar-refractivity contribution in [3.8, 4) is 0 Å². The lowest BCUT2D eigenvalue weighted by molar-refractivity contribution is -0.138. The third kappa shape index (κ3) is 3.55. The van der Waals surface area contributed by atoms with Crippen molar-refractivity contribution in [1.82, 2.24) is 9.88 Å². The Kier molecular flexibility index (Phi) is 4.79. The third-order valence-corrected chi connectivity index (χ3v) is 4.69. The number of benzene rings is 1. The van der Waals surface area contributed by atoms with Gasteiger partial charge in [0.05, 0.1) is 11.1 Å². The van der Waals surface area contributed by atoms with Crippen molar-refractivity contribution in [2.45, 2.75) is 32.6 Å². The molecule has 2 heterocycles. The molecule has 1 N–H and O–H groups in total. The molecule has 1 aromatic heterocycles. The maximum absolute atomic E-state index is 13.0. The van der Waals surface area contributed by atoms with E-state index in [2.05, 4.69) is 4.98 Å². The molecule has 0 radical (unpaired) electrons. The molecule has 1 aliphatic rings. The van der Waals surface area contributed by atoms with Gasteiger partial charge in [-0.15, -0.1) is 0 Å². The third-order valence-electron chi connectivity index (χ3n) is 4.69. The molecule has 5 heteroatoms. The number of pyridine rings is 1. The van der Waals surface area contributed by atoms with Crippen LogP contribution in [0.15, 0.2) is 30.3 Å². The van der Waals surface area contributed by atoms with E-state index < -0.39 is 5.97 Å². The number of amides is 1. The molecule has 1 amide bonds. The van der Waals surface area contributed by atoms with Gasteiger partial charge in [0.25, 0.3) is 5.91 Å². The molecule has 3 rings (SSSR count). The molecular weight excluding hydrogens is 304 g/mol. The van der Waals surface area contributed by atoms with Gasteiger partial charge in [-0.3, -0.25) is 14.6 Å². The molecule has 1 aromatic carbocycles. The van der Waals surface area contributed by atoms with E-state index in [1.165, 1.54) is 0 Å². The van der Waals surface area contributed by atoms with Crippen LogP contribution in [0.3, 0.4) is 0 Å². The van der Waals surface area contributed by atoms with E-state index in [4.69, 9.17) is 5.11 Å². The summed E-state index contributed by atoms with van der Waals surface area (Å²) in [6, 6.07) is 9.61. The fraction of sp³-hybridized carbons (Fsp3) is 0.421. The summed E-state index contributed by atoms with van der Waals surface area (Å²) in [5.74, 6) is -0.601. The van der Waals surface area contributed by atoms with E-state index in [0.29, 0.717) is 18.7 Å². The van der Waals surface area contributed by atoms with Gasteiger partial charge in [-0.2, -0.15) is 0 Å². The van der Waals surface area contributed by atoms with Crippen molar-refractivity contribution in [1.29, 1.82) is 0 Å². The fourth-order valence-corrected chi connectivity index (χ4v) is 3.41. The molecule has 0 bridgehead atoms. The quantitative estimate of drug-likeness (QED) is 0.940. The Labute approximate surface area is 141 Å². The number of aryl methyl sites for hydroxylation is 1. The van der Waals surface area contributed by atoms with E-state index >= 15 is 0 Å². The number of hydrogen-bond acceptors (Lipinski definition) is 3. The molecule has 2 aromatic rings. The highest BCUT2D eigenvalue weighted by molar-refractivity contribution is 6.05. The van der Waals surface area contributed by atoms with Crippen LogP contribution in [-0.4, -0.2) is 40.0 Å². The molecular formula is C19H22N2O3. The van der Waals surface area contributed by atoms with Crippen molar-refractivity contribution in [2.24, 2.45) is 5.92 Å². The Morgan fingerprint density at radius 1 is 1.21 bits per heavy atom. The summed E-state index contributed by atoms with van der Waals surface area (Å²) in [4.78, 5) is 30.3. The number of hydrogen-bond donors (Lipinski definition) is 1. The van der Waals surface area contributed by atoms with Crippen LogP contribution < -0.4 is 0 Å². The van der Waals surface area contributed by atoms with Crippen LogP contribution in [-0.2, 0) is 4.79 Å². The van der Waals surface area contributed by atoms with Gasteiger partial charge in [0.2, 0.25) is 0 Å². The predicted molar refractivity (Wildman–Crippen MR) is 92.0 cm³/mol. The van der Waals surface area contributed by atoms with E-state index in [1.807, 2.05) is 42.2 Å². The van der Waals surface area contributed by atoms with Gasteiger partial charge in [0.1, 0.15) is 0 Å². The number of carboxylic acids is 1. The van der Waals surface area contributed by atoms with Crippen LogP contribution >= 0.6 is 0 Å². The fourth-order valence-electron chi connectivity index (χ4n) is 3.41. The summed E-state index contributed by atoms with van der Waals surface area (Å²) in [5, 5.41) is 9.93. The molecule has 1 aliphatic heterocycles. The van der Waals surface area contributed by atoms with Gasteiger partial charge in [0.15, 0.2) is 0 Å². The van der Waals surface area contributed by atoms with Crippen LogP contribution in [0.1, 0.15) is 41.7 Å². The minimum atomic E-state index is -0.756. The number of likely N-dealkylation sites (tertiary alicyclic amines) is 1. The lowest BCUT2D eigenvalue weighted by Gasteiger charge is -2.21. The molecule has 126 valence electrons. The highest BCUT2D eigenvalue weighted by atomic mass is 16.4. The first kappa shape index (κ1) is 16.4.